The standard InChI is InChI=1S/C19H20N2O2S2/c1-11-6-5-7-12(2)17(11)23-9-15-8-16(24-10-15)18(22)21-19-20-13(3)14(4)25-19/h5-8,10H,9H2,1-4H3,(H,20,21,22). The van der Waals surface area contributed by atoms with E-state index in [1.807, 2.05) is 57.3 Å². The van der Waals surface area contributed by atoms with E-state index in [9.17, 15) is 4.79 Å². The minimum Gasteiger partial charge on any atom is -0.488 e. The predicted octanol–water partition coefficient (Wildman–Crippen LogP) is 5.27. The topological polar surface area (TPSA) is 51.2 Å². The number of benzene rings is 1. The van der Waals surface area contributed by atoms with Gasteiger partial charge in [-0.15, -0.1) is 22.7 Å². The number of nitrogens with one attached hydrogen (secondary N) is 1. The summed E-state index contributed by atoms with van der Waals surface area (Å²) in [4.78, 5) is 18.5. The van der Waals surface area contributed by atoms with Gasteiger partial charge in [-0.3, -0.25) is 10.1 Å². The van der Waals surface area contributed by atoms with Crippen LogP contribution in [-0.2, 0) is 6.61 Å². The van der Waals surface area contributed by atoms with Crippen LogP contribution in [0.3, 0.4) is 0 Å². The summed E-state index contributed by atoms with van der Waals surface area (Å²) < 4.78 is 5.95. The maximum absolute atomic E-state index is 12.4. The molecule has 3 rings (SSSR count). The number of anilines is 1. The molecular weight excluding hydrogens is 352 g/mol. The number of ether oxygens (including phenoxy) is 1. The Morgan fingerprint density at radius 3 is 2.56 bits per heavy atom. The highest BCUT2D eigenvalue weighted by atomic mass is 32.1. The van der Waals surface area contributed by atoms with E-state index in [0.29, 0.717) is 16.6 Å². The van der Waals surface area contributed by atoms with Crippen molar-refractivity contribution in [3.8, 4) is 5.75 Å². The molecule has 3 aromatic rings. The zero-order valence-electron chi connectivity index (χ0n) is 14.7. The van der Waals surface area contributed by atoms with Crippen LogP contribution in [0.2, 0.25) is 0 Å². The summed E-state index contributed by atoms with van der Waals surface area (Å²) in [6.07, 6.45) is 0. The number of hydrogen-bond donors (Lipinski definition) is 1. The number of amides is 1. The van der Waals surface area contributed by atoms with Crippen molar-refractivity contribution in [1.82, 2.24) is 4.98 Å². The van der Waals surface area contributed by atoms with Crippen LogP contribution < -0.4 is 10.1 Å². The Kier molecular flexibility index (Phi) is 5.20. The van der Waals surface area contributed by atoms with E-state index in [1.165, 1.54) is 22.7 Å². The zero-order chi connectivity index (χ0) is 18.0. The highest BCUT2D eigenvalue weighted by molar-refractivity contribution is 7.16. The van der Waals surface area contributed by atoms with Gasteiger partial charge in [-0.25, -0.2) is 4.98 Å². The molecule has 1 N–H and O–H groups in total. The van der Waals surface area contributed by atoms with E-state index >= 15 is 0 Å². The van der Waals surface area contributed by atoms with Gasteiger partial charge in [0.2, 0.25) is 0 Å². The molecule has 0 bridgehead atoms. The molecule has 0 saturated heterocycles. The number of nitrogens with zero attached hydrogens (tertiary/aromatic N) is 1. The van der Waals surface area contributed by atoms with Crippen molar-refractivity contribution < 1.29 is 9.53 Å². The van der Waals surface area contributed by atoms with Crippen molar-refractivity contribution in [2.75, 3.05) is 5.32 Å². The Balaban J connectivity index is 1.65. The lowest BCUT2D eigenvalue weighted by atomic mass is 10.1. The van der Waals surface area contributed by atoms with Crippen molar-refractivity contribution in [3.05, 3.63) is 61.8 Å². The van der Waals surface area contributed by atoms with Gasteiger partial charge >= 0.3 is 0 Å². The zero-order valence-corrected chi connectivity index (χ0v) is 16.3. The summed E-state index contributed by atoms with van der Waals surface area (Å²) in [5, 5.41) is 5.46. The molecule has 130 valence electrons. The predicted molar refractivity (Wildman–Crippen MR) is 104 cm³/mol. The molecule has 0 aliphatic heterocycles. The van der Waals surface area contributed by atoms with Gasteiger partial charge in [0, 0.05) is 10.4 Å². The Morgan fingerprint density at radius 2 is 1.92 bits per heavy atom. The largest absolute Gasteiger partial charge is 0.488 e. The summed E-state index contributed by atoms with van der Waals surface area (Å²) in [6.45, 7) is 8.46. The van der Waals surface area contributed by atoms with Crippen LogP contribution in [0.4, 0.5) is 5.13 Å². The molecule has 1 aromatic carbocycles. The Hall–Kier alpha value is -2.18. The minimum absolute atomic E-state index is 0.128. The van der Waals surface area contributed by atoms with Crippen LogP contribution >= 0.6 is 22.7 Å². The Morgan fingerprint density at radius 1 is 1.20 bits per heavy atom. The average molecular weight is 373 g/mol. The molecular formula is C19H20N2O2S2. The molecule has 0 fully saturated rings. The Labute approximate surface area is 155 Å². The average Bonchev–Trinajstić information content (AvgIpc) is 3.14. The fraction of sp³-hybridized carbons (Fsp3) is 0.263. The maximum atomic E-state index is 12.4. The second-order valence-corrected chi connectivity index (χ2v) is 8.06. The SMILES string of the molecule is Cc1cccc(C)c1OCc1csc(C(=O)Nc2nc(C)c(C)s2)c1. The molecule has 0 aliphatic carbocycles. The first-order chi connectivity index (χ1) is 11.9. The summed E-state index contributed by atoms with van der Waals surface area (Å²) in [5.41, 5.74) is 4.17. The monoisotopic (exact) mass is 372 g/mol. The summed E-state index contributed by atoms with van der Waals surface area (Å²) in [6, 6.07) is 7.97. The number of thiazole rings is 1. The van der Waals surface area contributed by atoms with E-state index < -0.39 is 0 Å². The molecule has 4 nitrogen and oxygen atoms in total. The van der Waals surface area contributed by atoms with Crippen LogP contribution in [-0.4, -0.2) is 10.9 Å². The number of thiophene rings is 1. The van der Waals surface area contributed by atoms with Crippen LogP contribution in [0.15, 0.2) is 29.6 Å². The summed E-state index contributed by atoms with van der Waals surface area (Å²) in [7, 11) is 0. The highest BCUT2D eigenvalue weighted by Crippen LogP contribution is 2.26. The smallest absolute Gasteiger partial charge is 0.267 e. The third-order valence-corrected chi connectivity index (χ3v) is 5.88. The van der Waals surface area contributed by atoms with E-state index in [-0.39, 0.29) is 5.91 Å². The van der Waals surface area contributed by atoms with Gasteiger partial charge in [-0.2, -0.15) is 0 Å². The number of rotatable bonds is 5. The molecule has 0 spiro atoms. The van der Waals surface area contributed by atoms with E-state index in [0.717, 1.165) is 33.0 Å². The lowest BCUT2D eigenvalue weighted by Gasteiger charge is -2.10. The number of para-hydroxylation sites is 1. The van der Waals surface area contributed by atoms with E-state index in [2.05, 4.69) is 10.3 Å². The first kappa shape index (κ1) is 17.6. The number of carbonyl (C=O) groups is 1. The van der Waals surface area contributed by atoms with Gasteiger partial charge in [-0.05, 0) is 50.3 Å². The fourth-order valence-corrected chi connectivity index (χ4v) is 4.04. The van der Waals surface area contributed by atoms with Crippen molar-refractivity contribution in [1.29, 1.82) is 0 Å². The van der Waals surface area contributed by atoms with Gasteiger partial charge in [0.1, 0.15) is 12.4 Å². The van der Waals surface area contributed by atoms with Gasteiger partial charge in [-0.1, -0.05) is 18.2 Å². The Bertz CT molecular complexity index is 872. The van der Waals surface area contributed by atoms with E-state index in [1.54, 1.807) is 0 Å². The second-order valence-electron chi connectivity index (χ2n) is 5.94. The van der Waals surface area contributed by atoms with Gasteiger partial charge in [0.15, 0.2) is 5.13 Å². The number of aryl methyl sites for hydroxylation is 4. The molecule has 0 radical (unpaired) electrons. The number of hydrogen-bond acceptors (Lipinski definition) is 5. The van der Waals surface area contributed by atoms with Gasteiger partial charge < -0.3 is 4.74 Å². The first-order valence-electron chi connectivity index (χ1n) is 7.96. The first-order valence-corrected chi connectivity index (χ1v) is 9.65. The van der Waals surface area contributed by atoms with Crippen LogP contribution in [0.5, 0.6) is 5.75 Å². The third kappa shape index (κ3) is 4.08. The lowest BCUT2D eigenvalue weighted by molar-refractivity contribution is 0.103. The maximum Gasteiger partial charge on any atom is 0.267 e. The second kappa shape index (κ2) is 7.37. The number of carbonyl (C=O) groups excluding carboxylic acids is 1. The summed E-state index contributed by atoms with van der Waals surface area (Å²) in [5.74, 6) is 0.783. The molecule has 25 heavy (non-hydrogen) atoms. The fourth-order valence-electron chi connectivity index (χ4n) is 2.44. The minimum atomic E-state index is -0.128. The molecule has 2 heterocycles. The van der Waals surface area contributed by atoms with E-state index in [4.69, 9.17) is 4.74 Å². The van der Waals surface area contributed by atoms with Crippen LogP contribution in [0, 0.1) is 27.7 Å². The van der Waals surface area contributed by atoms with Gasteiger partial charge in [0.25, 0.3) is 5.91 Å². The quantitative estimate of drug-likeness (QED) is 0.664. The van der Waals surface area contributed by atoms with Crippen LogP contribution in [0.25, 0.3) is 0 Å². The summed E-state index contributed by atoms with van der Waals surface area (Å²) >= 11 is 2.91. The highest BCUT2D eigenvalue weighted by Gasteiger charge is 2.13. The third-order valence-electron chi connectivity index (χ3n) is 3.92. The lowest BCUT2D eigenvalue weighted by Crippen LogP contribution is -2.09. The molecule has 0 aliphatic rings. The van der Waals surface area contributed by atoms with Crippen molar-refractivity contribution in [2.45, 2.75) is 34.3 Å². The molecule has 0 unspecified atom stereocenters. The normalized spacial score (nSPS) is 10.7. The van der Waals surface area contributed by atoms with Crippen LogP contribution in [0.1, 0.15) is 36.9 Å². The molecule has 6 heteroatoms. The van der Waals surface area contributed by atoms with Crippen molar-refractivity contribution >= 4 is 33.7 Å². The molecule has 0 atom stereocenters. The van der Waals surface area contributed by atoms with Gasteiger partial charge in [0.05, 0.1) is 10.6 Å². The van der Waals surface area contributed by atoms with Crippen molar-refractivity contribution in [3.63, 3.8) is 0 Å². The molecule has 2 aromatic heterocycles. The van der Waals surface area contributed by atoms with Crippen molar-refractivity contribution in [2.24, 2.45) is 0 Å². The molecule has 0 saturated carbocycles. The number of aromatic nitrogens is 1. The molecule has 1 amide bonds.